The Morgan fingerprint density at radius 2 is 1.71 bits per heavy atom. The average molecular weight is 325 g/mol. The van der Waals surface area contributed by atoms with E-state index in [9.17, 15) is 0 Å². The van der Waals surface area contributed by atoms with Crippen molar-refractivity contribution in [2.75, 3.05) is 48.4 Å². The smallest absolute Gasteiger partial charge is 0.0606 e. The highest BCUT2D eigenvalue weighted by molar-refractivity contribution is 5.55. The Labute approximate surface area is 144 Å². The molecule has 0 radical (unpaired) electrons. The summed E-state index contributed by atoms with van der Waals surface area (Å²) < 4.78 is 0. The number of anilines is 3. The van der Waals surface area contributed by atoms with Crippen molar-refractivity contribution < 1.29 is 5.11 Å². The van der Waals surface area contributed by atoms with Crippen LogP contribution >= 0.6 is 0 Å². The van der Waals surface area contributed by atoms with Gasteiger partial charge in [-0.2, -0.15) is 0 Å². The van der Waals surface area contributed by atoms with E-state index >= 15 is 0 Å². The predicted octanol–water partition coefficient (Wildman–Crippen LogP) is 3.20. The molecule has 24 heavy (non-hydrogen) atoms. The van der Waals surface area contributed by atoms with Crippen LogP contribution in [0.4, 0.5) is 17.1 Å². The Bertz CT molecular complexity index is 607. The maximum Gasteiger partial charge on any atom is 0.0606 e. The summed E-state index contributed by atoms with van der Waals surface area (Å²) in [5, 5.41) is 12.7. The molecule has 0 spiro atoms. The van der Waals surface area contributed by atoms with Crippen LogP contribution in [-0.4, -0.2) is 44.4 Å². The highest BCUT2D eigenvalue weighted by Gasteiger charge is 2.19. The SMILES string of the molecule is CN(CCO)c1ccc(NC2CCN(c3ccccc3)CC2)cc1. The number of piperidine rings is 1. The molecule has 0 amide bonds. The molecule has 128 valence electrons. The second-order valence-corrected chi connectivity index (χ2v) is 6.43. The number of hydrogen-bond donors (Lipinski definition) is 2. The molecule has 1 saturated heterocycles. The van der Waals surface area contributed by atoms with Crippen LogP contribution in [0, 0.1) is 0 Å². The van der Waals surface area contributed by atoms with Gasteiger partial charge in [0.1, 0.15) is 0 Å². The first-order valence-corrected chi connectivity index (χ1v) is 8.75. The quantitative estimate of drug-likeness (QED) is 0.855. The molecule has 1 aliphatic heterocycles. The summed E-state index contributed by atoms with van der Waals surface area (Å²) in [6.45, 7) is 3.03. The van der Waals surface area contributed by atoms with Crippen molar-refractivity contribution >= 4 is 17.1 Å². The average Bonchev–Trinajstić information content (AvgIpc) is 2.64. The molecule has 0 aromatic heterocycles. The molecule has 4 heteroatoms. The van der Waals surface area contributed by atoms with Crippen molar-refractivity contribution in [2.24, 2.45) is 0 Å². The molecule has 0 aliphatic carbocycles. The zero-order valence-electron chi connectivity index (χ0n) is 14.4. The zero-order valence-corrected chi connectivity index (χ0v) is 14.4. The monoisotopic (exact) mass is 325 g/mol. The minimum absolute atomic E-state index is 0.177. The Kier molecular flexibility index (Phi) is 5.59. The van der Waals surface area contributed by atoms with Crippen molar-refractivity contribution in [1.82, 2.24) is 0 Å². The normalized spacial score (nSPS) is 15.3. The maximum atomic E-state index is 9.01. The Balaban J connectivity index is 1.51. The third-order valence-electron chi connectivity index (χ3n) is 4.73. The lowest BCUT2D eigenvalue weighted by Crippen LogP contribution is -2.39. The largest absolute Gasteiger partial charge is 0.395 e. The molecular formula is C20H27N3O. The Hall–Kier alpha value is -2.20. The first-order valence-electron chi connectivity index (χ1n) is 8.75. The number of benzene rings is 2. The van der Waals surface area contributed by atoms with Crippen molar-refractivity contribution in [1.29, 1.82) is 0 Å². The maximum absolute atomic E-state index is 9.01. The van der Waals surface area contributed by atoms with Gasteiger partial charge >= 0.3 is 0 Å². The van der Waals surface area contributed by atoms with Crippen LogP contribution in [-0.2, 0) is 0 Å². The number of nitrogens with one attached hydrogen (secondary N) is 1. The van der Waals surface area contributed by atoms with Gasteiger partial charge in [0.2, 0.25) is 0 Å². The zero-order chi connectivity index (χ0) is 16.8. The number of nitrogens with zero attached hydrogens (tertiary/aromatic N) is 2. The number of aliphatic hydroxyl groups is 1. The summed E-state index contributed by atoms with van der Waals surface area (Å²) in [6.07, 6.45) is 2.31. The van der Waals surface area contributed by atoms with Gasteiger partial charge in [0.25, 0.3) is 0 Å². The Morgan fingerprint density at radius 1 is 1.04 bits per heavy atom. The Morgan fingerprint density at radius 3 is 2.33 bits per heavy atom. The highest BCUT2D eigenvalue weighted by atomic mass is 16.3. The molecule has 2 N–H and O–H groups in total. The van der Waals surface area contributed by atoms with Gasteiger partial charge in [-0.15, -0.1) is 0 Å². The minimum Gasteiger partial charge on any atom is -0.395 e. The van der Waals surface area contributed by atoms with Gasteiger partial charge < -0.3 is 20.2 Å². The number of likely N-dealkylation sites (N-methyl/N-ethyl adjacent to an activating group) is 1. The number of aliphatic hydroxyl groups excluding tert-OH is 1. The van der Waals surface area contributed by atoms with E-state index in [1.54, 1.807) is 0 Å². The summed E-state index contributed by atoms with van der Waals surface area (Å²) in [7, 11) is 2.00. The first-order chi connectivity index (χ1) is 11.8. The molecule has 1 aliphatic rings. The van der Waals surface area contributed by atoms with Crippen LogP contribution < -0.4 is 15.1 Å². The van der Waals surface area contributed by atoms with Crippen molar-refractivity contribution in [2.45, 2.75) is 18.9 Å². The van der Waals surface area contributed by atoms with E-state index in [-0.39, 0.29) is 6.61 Å². The highest BCUT2D eigenvalue weighted by Crippen LogP contribution is 2.23. The van der Waals surface area contributed by atoms with Crippen LogP contribution in [0.2, 0.25) is 0 Å². The van der Waals surface area contributed by atoms with Crippen LogP contribution in [0.3, 0.4) is 0 Å². The summed E-state index contributed by atoms with van der Waals surface area (Å²) in [5.74, 6) is 0. The molecule has 2 aromatic rings. The van der Waals surface area contributed by atoms with Gasteiger partial charge in [0.15, 0.2) is 0 Å². The molecule has 4 nitrogen and oxygen atoms in total. The lowest BCUT2D eigenvalue weighted by atomic mass is 10.0. The fraction of sp³-hybridized carbons (Fsp3) is 0.400. The molecule has 0 atom stereocenters. The number of hydrogen-bond acceptors (Lipinski definition) is 4. The summed E-state index contributed by atoms with van der Waals surface area (Å²) >= 11 is 0. The lowest BCUT2D eigenvalue weighted by Gasteiger charge is -2.34. The fourth-order valence-corrected chi connectivity index (χ4v) is 3.25. The fourth-order valence-electron chi connectivity index (χ4n) is 3.25. The van der Waals surface area contributed by atoms with Crippen molar-refractivity contribution in [3.8, 4) is 0 Å². The summed E-state index contributed by atoms with van der Waals surface area (Å²) in [5.41, 5.74) is 3.63. The standard InChI is InChI=1S/C20H27N3O/c1-22(15-16-24)19-9-7-17(8-10-19)21-18-11-13-23(14-12-18)20-5-3-2-4-6-20/h2-10,18,21,24H,11-16H2,1H3. The number of rotatable bonds is 6. The molecule has 1 heterocycles. The van der Waals surface area contributed by atoms with E-state index in [2.05, 4.69) is 69.7 Å². The second-order valence-electron chi connectivity index (χ2n) is 6.43. The second kappa shape index (κ2) is 8.06. The van der Waals surface area contributed by atoms with E-state index < -0.39 is 0 Å². The topological polar surface area (TPSA) is 38.7 Å². The molecule has 0 bridgehead atoms. The van der Waals surface area contributed by atoms with Crippen LogP contribution in [0.5, 0.6) is 0 Å². The van der Waals surface area contributed by atoms with Gasteiger partial charge in [-0.25, -0.2) is 0 Å². The first kappa shape index (κ1) is 16.7. The van der Waals surface area contributed by atoms with Crippen molar-refractivity contribution in [3.05, 3.63) is 54.6 Å². The van der Waals surface area contributed by atoms with Gasteiger partial charge in [0, 0.05) is 49.8 Å². The molecule has 0 saturated carbocycles. The number of para-hydroxylation sites is 1. The van der Waals surface area contributed by atoms with Gasteiger partial charge in [-0.05, 0) is 49.2 Å². The summed E-state index contributed by atoms with van der Waals surface area (Å²) in [4.78, 5) is 4.52. The van der Waals surface area contributed by atoms with Gasteiger partial charge in [-0.3, -0.25) is 0 Å². The summed E-state index contributed by atoms with van der Waals surface area (Å²) in [6, 6.07) is 19.7. The van der Waals surface area contributed by atoms with Crippen molar-refractivity contribution in [3.63, 3.8) is 0 Å². The van der Waals surface area contributed by atoms with E-state index in [1.807, 2.05) is 7.05 Å². The molecule has 1 fully saturated rings. The minimum atomic E-state index is 0.177. The van der Waals surface area contributed by atoms with E-state index in [1.165, 1.54) is 11.4 Å². The van der Waals surface area contributed by atoms with E-state index in [4.69, 9.17) is 5.11 Å². The van der Waals surface area contributed by atoms with Crippen LogP contribution in [0.1, 0.15) is 12.8 Å². The van der Waals surface area contributed by atoms with Crippen LogP contribution in [0.15, 0.2) is 54.6 Å². The molecular weight excluding hydrogens is 298 g/mol. The van der Waals surface area contributed by atoms with Gasteiger partial charge in [-0.1, -0.05) is 18.2 Å². The third-order valence-corrected chi connectivity index (χ3v) is 4.73. The molecule has 2 aromatic carbocycles. The third kappa shape index (κ3) is 4.20. The van der Waals surface area contributed by atoms with Crippen LogP contribution in [0.25, 0.3) is 0 Å². The molecule has 0 unspecified atom stereocenters. The van der Waals surface area contributed by atoms with E-state index in [0.29, 0.717) is 12.6 Å². The predicted molar refractivity (Wildman–Crippen MR) is 102 cm³/mol. The van der Waals surface area contributed by atoms with E-state index in [0.717, 1.165) is 31.6 Å². The van der Waals surface area contributed by atoms with Gasteiger partial charge in [0.05, 0.1) is 6.61 Å². The lowest BCUT2D eigenvalue weighted by molar-refractivity contribution is 0.304. The molecule has 3 rings (SSSR count).